The normalized spacial score (nSPS) is 30.0. The van der Waals surface area contributed by atoms with Crippen molar-refractivity contribution in [3.8, 4) is 0 Å². The van der Waals surface area contributed by atoms with Crippen molar-refractivity contribution in [1.82, 2.24) is 4.40 Å². The van der Waals surface area contributed by atoms with Gasteiger partial charge in [-0.15, -0.1) is 11.3 Å². The Hall–Kier alpha value is -2.78. The predicted octanol–water partition coefficient (Wildman–Crippen LogP) is 2.47. The largest absolute Gasteiger partial charge is 0.477 e. The maximum atomic E-state index is 15.7. The summed E-state index contributed by atoms with van der Waals surface area (Å²) in [6.07, 6.45) is 3.24. The molecule has 7 nitrogen and oxygen atoms in total. The summed E-state index contributed by atoms with van der Waals surface area (Å²) in [5.41, 5.74) is 7.36. The van der Waals surface area contributed by atoms with Crippen LogP contribution in [0.3, 0.4) is 0 Å². The number of aromatic carboxylic acids is 1. The van der Waals surface area contributed by atoms with E-state index in [-0.39, 0.29) is 16.5 Å². The van der Waals surface area contributed by atoms with E-state index >= 15 is 4.39 Å². The summed E-state index contributed by atoms with van der Waals surface area (Å²) in [7, 11) is 1.65. The fourth-order valence-electron chi connectivity index (χ4n) is 7.17. The number of carboxylic acid groups (broad SMARTS) is 1. The number of aromatic nitrogens is 1. The first-order chi connectivity index (χ1) is 15.3. The van der Waals surface area contributed by atoms with Crippen molar-refractivity contribution in [2.75, 3.05) is 25.0 Å². The molecule has 0 amide bonds. The zero-order valence-corrected chi connectivity index (χ0v) is 18.2. The summed E-state index contributed by atoms with van der Waals surface area (Å²) in [5.74, 6) is -0.404. The molecule has 3 fully saturated rings. The highest BCUT2D eigenvalue weighted by atomic mass is 32.1. The zero-order valence-electron chi connectivity index (χ0n) is 17.4. The maximum Gasteiger partial charge on any atom is 0.342 e. The van der Waals surface area contributed by atoms with Crippen LogP contribution in [0.5, 0.6) is 0 Å². The Morgan fingerprint density at radius 2 is 2.22 bits per heavy atom. The SMILES string of the molecule is CN=c1c2c(N3CC4C5CCC(N)(C5)C4C3)c(F)cc3c(=O)c(C(=O)O)c4scc1n4c32. The Labute approximate surface area is 185 Å². The molecule has 1 aromatic carbocycles. The highest BCUT2D eigenvalue weighted by Gasteiger charge is 2.59. The van der Waals surface area contributed by atoms with Crippen molar-refractivity contribution in [3.05, 3.63) is 38.4 Å². The van der Waals surface area contributed by atoms with Gasteiger partial charge in [0.05, 0.1) is 32.9 Å². The van der Waals surface area contributed by atoms with E-state index in [9.17, 15) is 14.7 Å². The first-order valence-corrected chi connectivity index (χ1v) is 11.8. The predicted molar refractivity (Wildman–Crippen MR) is 121 cm³/mol. The van der Waals surface area contributed by atoms with Gasteiger partial charge in [0.2, 0.25) is 5.43 Å². The van der Waals surface area contributed by atoms with Gasteiger partial charge in [-0.05, 0) is 43.1 Å². The Balaban J connectivity index is 1.55. The Bertz CT molecular complexity index is 1590. The summed E-state index contributed by atoms with van der Waals surface area (Å²) in [6.45, 7) is 1.45. The van der Waals surface area contributed by atoms with E-state index in [0.717, 1.165) is 25.8 Å². The van der Waals surface area contributed by atoms with E-state index in [2.05, 4.69) is 9.89 Å². The van der Waals surface area contributed by atoms with Crippen LogP contribution in [-0.2, 0) is 0 Å². The van der Waals surface area contributed by atoms with Crippen LogP contribution in [-0.4, -0.2) is 41.2 Å². The first kappa shape index (κ1) is 18.8. The van der Waals surface area contributed by atoms with Crippen molar-refractivity contribution in [3.63, 3.8) is 0 Å². The topological polar surface area (TPSA) is 100 Å². The molecule has 3 aliphatic rings. The molecule has 7 rings (SSSR count). The van der Waals surface area contributed by atoms with Gasteiger partial charge in [0, 0.05) is 31.1 Å². The highest BCUT2D eigenvalue weighted by molar-refractivity contribution is 7.16. The number of benzene rings is 1. The molecular formula is C23H21FN4O3S. The van der Waals surface area contributed by atoms with Crippen molar-refractivity contribution in [2.24, 2.45) is 28.5 Å². The monoisotopic (exact) mass is 452 g/mol. The summed E-state index contributed by atoms with van der Waals surface area (Å²) in [6, 6.07) is 1.22. The van der Waals surface area contributed by atoms with Crippen molar-refractivity contribution in [1.29, 1.82) is 0 Å². The van der Waals surface area contributed by atoms with Crippen LogP contribution >= 0.6 is 11.3 Å². The number of rotatable bonds is 2. The molecule has 2 aliphatic carbocycles. The lowest BCUT2D eigenvalue weighted by molar-refractivity contribution is 0.0697. The number of nitrogens with two attached hydrogens (primary N) is 1. The summed E-state index contributed by atoms with van der Waals surface area (Å²) in [5, 5.41) is 12.8. The van der Waals surface area contributed by atoms with E-state index < -0.39 is 17.2 Å². The van der Waals surface area contributed by atoms with Gasteiger partial charge in [-0.2, -0.15) is 0 Å². The molecule has 1 saturated heterocycles. The molecule has 4 aromatic rings. The third-order valence-corrected chi connectivity index (χ3v) is 9.38. The molecular weight excluding hydrogens is 431 g/mol. The molecule has 4 heterocycles. The van der Waals surface area contributed by atoms with Crippen LogP contribution in [0, 0.1) is 23.6 Å². The van der Waals surface area contributed by atoms with Gasteiger partial charge >= 0.3 is 5.97 Å². The van der Waals surface area contributed by atoms with Crippen LogP contribution in [0.1, 0.15) is 29.6 Å². The quantitative estimate of drug-likeness (QED) is 0.487. The number of thiazole rings is 1. The number of carboxylic acids is 1. The Kier molecular flexibility index (Phi) is 3.38. The molecule has 4 unspecified atom stereocenters. The van der Waals surface area contributed by atoms with Crippen LogP contribution in [0.15, 0.2) is 21.2 Å². The molecule has 3 aromatic heterocycles. The fourth-order valence-corrected chi connectivity index (χ4v) is 8.20. The van der Waals surface area contributed by atoms with Crippen LogP contribution in [0.2, 0.25) is 0 Å². The second kappa shape index (κ2) is 5.77. The van der Waals surface area contributed by atoms with Gasteiger partial charge in [-0.3, -0.25) is 14.2 Å². The fraction of sp³-hybridized carbons (Fsp3) is 0.435. The Morgan fingerprint density at radius 1 is 1.41 bits per heavy atom. The molecule has 0 radical (unpaired) electrons. The van der Waals surface area contributed by atoms with Crippen molar-refractivity contribution < 1.29 is 14.3 Å². The van der Waals surface area contributed by atoms with Crippen LogP contribution < -0.4 is 21.4 Å². The lowest BCUT2D eigenvalue weighted by Gasteiger charge is -2.31. The number of fused-ring (bicyclic) bond motifs is 5. The van der Waals surface area contributed by atoms with E-state index in [1.165, 1.54) is 17.4 Å². The van der Waals surface area contributed by atoms with E-state index in [0.29, 0.717) is 56.6 Å². The van der Waals surface area contributed by atoms with Crippen molar-refractivity contribution >= 4 is 49.6 Å². The summed E-state index contributed by atoms with van der Waals surface area (Å²) in [4.78, 5) is 31.9. The maximum absolute atomic E-state index is 15.7. The lowest BCUT2D eigenvalue weighted by Crippen LogP contribution is -2.45. The van der Waals surface area contributed by atoms with Gasteiger partial charge < -0.3 is 15.7 Å². The number of anilines is 1. The van der Waals surface area contributed by atoms with Gasteiger partial charge in [0.15, 0.2) is 0 Å². The first-order valence-electron chi connectivity index (χ1n) is 10.9. The Morgan fingerprint density at radius 3 is 2.94 bits per heavy atom. The molecule has 9 heteroatoms. The lowest BCUT2D eigenvalue weighted by atomic mass is 9.78. The number of pyridine rings is 1. The standard InChI is InChI=1S/C23H21FN4O3S/c1-26-17-14-8-32-21-16(22(30)31)20(29)10-4-13(24)19(15(17)18(10)28(14)21)27-6-11-9-2-3-23(25,5-9)12(11)7-27/h4,8-9,11-12H,2-3,5-7,25H2,1H3,(H,30,31). The second-order valence-electron chi connectivity index (χ2n) is 9.73. The highest BCUT2D eigenvalue weighted by Crippen LogP contribution is 2.57. The molecule has 164 valence electrons. The summed E-state index contributed by atoms with van der Waals surface area (Å²) >= 11 is 1.20. The number of halogens is 1. The number of carbonyl (C=O) groups is 1. The summed E-state index contributed by atoms with van der Waals surface area (Å²) < 4.78 is 17.5. The smallest absolute Gasteiger partial charge is 0.342 e. The molecule has 1 aliphatic heterocycles. The minimum absolute atomic E-state index is 0.0872. The molecule has 2 saturated carbocycles. The minimum atomic E-state index is -1.30. The minimum Gasteiger partial charge on any atom is -0.477 e. The van der Waals surface area contributed by atoms with Gasteiger partial charge in [0.1, 0.15) is 16.2 Å². The molecule has 32 heavy (non-hydrogen) atoms. The van der Waals surface area contributed by atoms with Crippen LogP contribution in [0.25, 0.3) is 26.6 Å². The average molecular weight is 453 g/mol. The molecule has 3 N–H and O–H groups in total. The average Bonchev–Trinajstić information content (AvgIpc) is 3.51. The number of hydrogen-bond acceptors (Lipinski definition) is 6. The van der Waals surface area contributed by atoms with E-state index in [1.807, 2.05) is 0 Å². The second-order valence-corrected chi connectivity index (χ2v) is 10.6. The van der Waals surface area contributed by atoms with Crippen LogP contribution in [0.4, 0.5) is 10.1 Å². The van der Waals surface area contributed by atoms with E-state index in [4.69, 9.17) is 5.73 Å². The number of nitrogens with zero attached hydrogens (tertiary/aromatic N) is 3. The molecule has 2 bridgehead atoms. The van der Waals surface area contributed by atoms with Gasteiger partial charge in [-0.1, -0.05) is 0 Å². The number of hydrogen-bond donors (Lipinski definition) is 2. The van der Waals surface area contributed by atoms with Gasteiger partial charge in [-0.25, -0.2) is 9.18 Å². The third kappa shape index (κ3) is 1.98. The van der Waals surface area contributed by atoms with Gasteiger partial charge in [0.25, 0.3) is 0 Å². The van der Waals surface area contributed by atoms with Crippen molar-refractivity contribution in [2.45, 2.75) is 24.8 Å². The third-order valence-electron chi connectivity index (χ3n) is 8.43. The van der Waals surface area contributed by atoms with E-state index in [1.54, 1.807) is 16.8 Å². The molecule has 4 atom stereocenters. The zero-order chi connectivity index (χ0) is 22.1. The molecule has 0 spiro atoms.